The SMILES string of the molecule is C=C1C=CC=CC1N(C)N1CCNCC1. The molecule has 1 heterocycles. The van der Waals surface area contributed by atoms with E-state index >= 15 is 0 Å². The van der Waals surface area contributed by atoms with Gasteiger partial charge >= 0.3 is 0 Å². The number of hydrogen-bond donors (Lipinski definition) is 1. The van der Waals surface area contributed by atoms with Gasteiger partial charge in [0.15, 0.2) is 0 Å². The molecule has 1 aliphatic carbocycles. The molecule has 0 aromatic heterocycles. The molecule has 3 heteroatoms. The number of hydrazine groups is 1. The fourth-order valence-electron chi connectivity index (χ4n) is 2.08. The van der Waals surface area contributed by atoms with Crippen LogP contribution in [0.1, 0.15) is 0 Å². The molecule has 0 saturated carbocycles. The molecule has 2 rings (SSSR count). The second-order valence-corrected chi connectivity index (χ2v) is 4.04. The number of hydrogen-bond acceptors (Lipinski definition) is 3. The van der Waals surface area contributed by atoms with E-state index in [9.17, 15) is 0 Å². The van der Waals surface area contributed by atoms with Crippen LogP contribution in [0.2, 0.25) is 0 Å². The van der Waals surface area contributed by atoms with E-state index in [2.05, 4.69) is 47.2 Å². The Balaban J connectivity index is 1.99. The summed E-state index contributed by atoms with van der Waals surface area (Å²) >= 11 is 0. The summed E-state index contributed by atoms with van der Waals surface area (Å²) in [6.07, 6.45) is 8.43. The molecule has 0 radical (unpaired) electrons. The van der Waals surface area contributed by atoms with Crippen molar-refractivity contribution in [1.29, 1.82) is 0 Å². The van der Waals surface area contributed by atoms with E-state index in [0.717, 1.165) is 26.2 Å². The Kier molecular flexibility index (Phi) is 3.36. The summed E-state index contributed by atoms with van der Waals surface area (Å²) in [5.41, 5.74) is 1.17. The standard InChI is InChI=1S/C12H19N3/c1-11-5-3-4-6-12(11)14(2)15-9-7-13-8-10-15/h3-6,12-13H,1,7-10H2,2H3. The van der Waals surface area contributed by atoms with E-state index in [1.54, 1.807) is 0 Å². The summed E-state index contributed by atoms with van der Waals surface area (Å²) in [6, 6.07) is 0.327. The van der Waals surface area contributed by atoms with Crippen LogP contribution in [0.25, 0.3) is 0 Å². The largest absolute Gasteiger partial charge is 0.314 e. The molecule has 0 spiro atoms. The van der Waals surface area contributed by atoms with Gasteiger partial charge in [-0.05, 0) is 5.57 Å². The van der Waals surface area contributed by atoms with Gasteiger partial charge in [-0.2, -0.15) is 0 Å². The number of rotatable bonds is 2. The van der Waals surface area contributed by atoms with Gasteiger partial charge in [-0.3, -0.25) is 0 Å². The van der Waals surface area contributed by atoms with Gasteiger partial charge < -0.3 is 5.32 Å². The van der Waals surface area contributed by atoms with Crippen LogP contribution in [0, 0.1) is 0 Å². The van der Waals surface area contributed by atoms with Crippen LogP contribution < -0.4 is 5.32 Å². The molecule has 1 saturated heterocycles. The Bertz CT molecular complexity index is 287. The second kappa shape index (κ2) is 4.75. The summed E-state index contributed by atoms with van der Waals surface area (Å²) in [4.78, 5) is 0. The zero-order valence-electron chi connectivity index (χ0n) is 9.32. The zero-order chi connectivity index (χ0) is 10.7. The van der Waals surface area contributed by atoms with E-state index in [-0.39, 0.29) is 0 Å². The molecular weight excluding hydrogens is 186 g/mol. The molecule has 1 unspecified atom stereocenters. The minimum atomic E-state index is 0.327. The predicted octanol–water partition coefficient (Wildman–Crippen LogP) is 0.789. The van der Waals surface area contributed by atoms with Crippen molar-refractivity contribution in [2.24, 2.45) is 0 Å². The Labute approximate surface area is 91.7 Å². The van der Waals surface area contributed by atoms with E-state index in [0.29, 0.717) is 6.04 Å². The maximum Gasteiger partial charge on any atom is 0.0670 e. The molecule has 82 valence electrons. The Hall–Kier alpha value is -0.900. The van der Waals surface area contributed by atoms with E-state index in [1.165, 1.54) is 5.57 Å². The summed E-state index contributed by atoms with van der Waals surface area (Å²) in [5, 5.41) is 8.04. The highest BCUT2D eigenvalue weighted by molar-refractivity contribution is 5.33. The van der Waals surface area contributed by atoms with Crippen molar-refractivity contribution in [2.75, 3.05) is 33.2 Å². The van der Waals surface area contributed by atoms with Crippen molar-refractivity contribution in [3.05, 3.63) is 36.5 Å². The number of allylic oxidation sites excluding steroid dienone is 2. The fraction of sp³-hybridized carbons (Fsp3) is 0.500. The molecule has 2 aliphatic rings. The van der Waals surface area contributed by atoms with Gasteiger partial charge in [0.1, 0.15) is 0 Å². The molecule has 0 amide bonds. The van der Waals surface area contributed by atoms with Crippen LogP contribution in [0.5, 0.6) is 0 Å². The average Bonchev–Trinajstić information content (AvgIpc) is 2.30. The van der Waals surface area contributed by atoms with Gasteiger partial charge in [-0.1, -0.05) is 30.9 Å². The number of likely N-dealkylation sites (N-methyl/N-ethyl adjacent to an activating group) is 1. The number of piperazine rings is 1. The van der Waals surface area contributed by atoms with Gasteiger partial charge in [0.25, 0.3) is 0 Å². The van der Waals surface area contributed by atoms with Crippen molar-refractivity contribution in [1.82, 2.24) is 15.3 Å². The van der Waals surface area contributed by atoms with Crippen molar-refractivity contribution in [3.8, 4) is 0 Å². The first-order chi connectivity index (χ1) is 7.29. The van der Waals surface area contributed by atoms with E-state index in [4.69, 9.17) is 0 Å². The monoisotopic (exact) mass is 205 g/mol. The molecule has 1 fully saturated rings. The number of nitrogens with one attached hydrogen (secondary N) is 1. The van der Waals surface area contributed by atoms with Gasteiger partial charge in [0.2, 0.25) is 0 Å². The summed E-state index contributed by atoms with van der Waals surface area (Å²) < 4.78 is 0. The lowest BCUT2D eigenvalue weighted by atomic mass is 10.0. The topological polar surface area (TPSA) is 18.5 Å². The van der Waals surface area contributed by atoms with Crippen LogP contribution in [0.3, 0.4) is 0 Å². The highest BCUT2D eigenvalue weighted by Gasteiger charge is 2.22. The predicted molar refractivity (Wildman–Crippen MR) is 63.4 cm³/mol. The average molecular weight is 205 g/mol. The Morgan fingerprint density at radius 2 is 2.13 bits per heavy atom. The number of nitrogens with zero attached hydrogens (tertiary/aromatic N) is 2. The Morgan fingerprint density at radius 1 is 1.40 bits per heavy atom. The molecule has 0 aromatic rings. The summed E-state index contributed by atoms with van der Waals surface area (Å²) in [5.74, 6) is 0. The minimum Gasteiger partial charge on any atom is -0.314 e. The first-order valence-electron chi connectivity index (χ1n) is 5.51. The van der Waals surface area contributed by atoms with Gasteiger partial charge in [0.05, 0.1) is 6.04 Å². The molecular formula is C12H19N3. The normalized spacial score (nSPS) is 27.6. The lowest BCUT2D eigenvalue weighted by Gasteiger charge is -2.39. The summed E-state index contributed by atoms with van der Waals surface area (Å²) in [7, 11) is 2.14. The third-order valence-electron chi connectivity index (χ3n) is 3.04. The molecule has 0 aromatic carbocycles. The second-order valence-electron chi connectivity index (χ2n) is 4.04. The lowest BCUT2D eigenvalue weighted by Crippen LogP contribution is -2.54. The van der Waals surface area contributed by atoms with Crippen molar-refractivity contribution in [2.45, 2.75) is 6.04 Å². The van der Waals surface area contributed by atoms with E-state index < -0.39 is 0 Å². The summed E-state index contributed by atoms with van der Waals surface area (Å²) in [6.45, 7) is 8.40. The van der Waals surface area contributed by atoms with Crippen LogP contribution in [0.4, 0.5) is 0 Å². The van der Waals surface area contributed by atoms with E-state index in [1.807, 2.05) is 6.08 Å². The quantitative estimate of drug-likeness (QED) is 0.719. The van der Waals surface area contributed by atoms with Gasteiger partial charge in [-0.15, -0.1) is 0 Å². The van der Waals surface area contributed by atoms with Gasteiger partial charge in [-0.25, -0.2) is 10.0 Å². The van der Waals surface area contributed by atoms with Crippen LogP contribution in [-0.4, -0.2) is 49.3 Å². The lowest BCUT2D eigenvalue weighted by molar-refractivity contribution is -0.0215. The maximum absolute atomic E-state index is 4.09. The maximum atomic E-state index is 4.09. The van der Waals surface area contributed by atoms with Crippen LogP contribution in [0.15, 0.2) is 36.5 Å². The molecule has 0 bridgehead atoms. The first-order valence-corrected chi connectivity index (χ1v) is 5.51. The van der Waals surface area contributed by atoms with Crippen LogP contribution >= 0.6 is 0 Å². The smallest absolute Gasteiger partial charge is 0.0670 e. The van der Waals surface area contributed by atoms with Crippen molar-refractivity contribution < 1.29 is 0 Å². The molecule has 15 heavy (non-hydrogen) atoms. The van der Waals surface area contributed by atoms with Crippen molar-refractivity contribution in [3.63, 3.8) is 0 Å². The van der Waals surface area contributed by atoms with Crippen LogP contribution in [-0.2, 0) is 0 Å². The molecule has 1 atom stereocenters. The van der Waals surface area contributed by atoms with Gasteiger partial charge in [0, 0.05) is 33.2 Å². The van der Waals surface area contributed by atoms with Crippen molar-refractivity contribution >= 4 is 0 Å². The zero-order valence-corrected chi connectivity index (χ0v) is 9.32. The highest BCUT2D eigenvalue weighted by Crippen LogP contribution is 2.16. The fourth-order valence-corrected chi connectivity index (χ4v) is 2.08. The third kappa shape index (κ3) is 2.37. The Morgan fingerprint density at radius 3 is 2.80 bits per heavy atom. The highest BCUT2D eigenvalue weighted by atomic mass is 15.6. The molecule has 1 N–H and O–H groups in total. The molecule has 1 aliphatic heterocycles. The first kappa shape index (κ1) is 10.6. The third-order valence-corrected chi connectivity index (χ3v) is 3.04. The minimum absolute atomic E-state index is 0.327. The molecule has 3 nitrogen and oxygen atoms in total.